The minimum Gasteiger partial charge on any atom is -0.366 e. The van der Waals surface area contributed by atoms with E-state index in [1.54, 1.807) is 35.0 Å². The van der Waals surface area contributed by atoms with Crippen LogP contribution in [0.5, 0.6) is 0 Å². The number of hydrogen-bond donors (Lipinski definition) is 1. The smallest absolute Gasteiger partial charge is 0.250 e. The fourth-order valence-electron chi connectivity index (χ4n) is 1.65. The van der Waals surface area contributed by atoms with Crippen molar-refractivity contribution in [2.45, 2.75) is 6.54 Å². The lowest BCUT2D eigenvalue weighted by Crippen LogP contribution is -2.19. The lowest BCUT2D eigenvalue weighted by Gasteiger charge is -2.07. The Morgan fingerprint density at radius 3 is 2.78 bits per heavy atom. The Hall–Kier alpha value is -1.88. The van der Waals surface area contributed by atoms with E-state index >= 15 is 0 Å². The Balaban J connectivity index is 2.34. The van der Waals surface area contributed by atoms with Gasteiger partial charge in [-0.15, -0.1) is 0 Å². The summed E-state index contributed by atoms with van der Waals surface area (Å²) < 4.78 is 2.39. The first-order valence-electron chi connectivity index (χ1n) is 5.31. The van der Waals surface area contributed by atoms with E-state index in [-0.39, 0.29) is 5.56 Å². The fraction of sp³-hybridized carbons (Fsp3) is 0.0769. The molecule has 0 aliphatic rings. The second kappa shape index (κ2) is 5.18. The van der Waals surface area contributed by atoms with Crippen LogP contribution in [0.15, 0.2) is 51.9 Å². The molecule has 0 fully saturated rings. The Morgan fingerprint density at radius 1 is 1.28 bits per heavy atom. The molecule has 2 aromatic rings. The standard InChI is InChI=1S/C13H11BrN2O2/c14-11-4-5-12(17)16(8-11)7-9-2-1-3-10(6-9)13(15)18/h1-6,8H,7H2,(H2,15,18). The van der Waals surface area contributed by atoms with Crippen molar-refractivity contribution in [2.24, 2.45) is 5.73 Å². The van der Waals surface area contributed by atoms with Crippen LogP contribution in [0.2, 0.25) is 0 Å². The zero-order chi connectivity index (χ0) is 13.1. The van der Waals surface area contributed by atoms with Gasteiger partial charge in [0.1, 0.15) is 0 Å². The number of rotatable bonds is 3. The zero-order valence-corrected chi connectivity index (χ0v) is 11.1. The summed E-state index contributed by atoms with van der Waals surface area (Å²) in [5.74, 6) is -0.474. The van der Waals surface area contributed by atoms with E-state index in [9.17, 15) is 9.59 Å². The summed E-state index contributed by atoms with van der Waals surface area (Å²) in [5.41, 5.74) is 6.41. The second-order valence-electron chi connectivity index (χ2n) is 3.88. The van der Waals surface area contributed by atoms with Gasteiger partial charge in [-0.1, -0.05) is 12.1 Å². The topological polar surface area (TPSA) is 65.1 Å². The van der Waals surface area contributed by atoms with Crippen molar-refractivity contribution in [1.29, 1.82) is 0 Å². The van der Waals surface area contributed by atoms with Gasteiger partial charge in [0.2, 0.25) is 5.91 Å². The van der Waals surface area contributed by atoms with Gasteiger partial charge in [-0.25, -0.2) is 0 Å². The summed E-state index contributed by atoms with van der Waals surface area (Å²) in [4.78, 5) is 22.7. The fourth-order valence-corrected chi connectivity index (χ4v) is 2.02. The average molecular weight is 307 g/mol. The molecule has 18 heavy (non-hydrogen) atoms. The molecule has 2 rings (SSSR count). The molecule has 92 valence electrons. The van der Waals surface area contributed by atoms with Gasteiger partial charge in [-0.3, -0.25) is 9.59 Å². The molecule has 0 saturated carbocycles. The normalized spacial score (nSPS) is 10.3. The van der Waals surface area contributed by atoms with E-state index in [4.69, 9.17) is 5.73 Å². The molecular formula is C13H11BrN2O2. The minimum absolute atomic E-state index is 0.0947. The average Bonchev–Trinajstić information content (AvgIpc) is 2.34. The van der Waals surface area contributed by atoms with Gasteiger partial charge >= 0.3 is 0 Å². The Kier molecular flexibility index (Phi) is 3.62. The number of pyridine rings is 1. The highest BCUT2D eigenvalue weighted by molar-refractivity contribution is 9.10. The number of nitrogens with two attached hydrogens (primary N) is 1. The number of primary amides is 1. The maximum Gasteiger partial charge on any atom is 0.250 e. The molecule has 1 aromatic carbocycles. The molecular weight excluding hydrogens is 296 g/mol. The molecule has 0 unspecified atom stereocenters. The maximum absolute atomic E-state index is 11.6. The van der Waals surface area contributed by atoms with Crippen molar-refractivity contribution < 1.29 is 4.79 Å². The highest BCUT2D eigenvalue weighted by atomic mass is 79.9. The van der Waals surface area contributed by atoms with Gasteiger partial charge in [0.15, 0.2) is 0 Å². The number of carbonyl (C=O) groups excluding carboxylic acids is 1. The van der Waals surface area contributed by atoms with Crippen LogP contribution in [0.4, 0.5) is 0 Å². The van der Waals surface area contributed by atoms with Crippen LogP contribution in [-0.4, -0.2) is 10.5 Å². The van der Waals surface area contributed by atoms with Gasteiger partial charge < -0.3 is 10.3 Å². The van der Waals surface area contributed by atoms with Crippen molar-refractivity contribution in [1.82, 2.24) is 4.57 Å². The molecule has 5 heteroatoms. The van der Waals surface area contributed by atoms with Crippen molar-refractivity contribution in [3.05, 3.63) is 68.5 Å². The molecule has 1 amide bonds. The van der Waals surface area contributed by atoms with Crippen molar-refractivity contribution in [3.8, 4) is 0 Å². The number of hydrogen-bond acceptors (Lipinski definition) is 2. The molecule has 1 heterocycles. The van der Waals surface area contributed by atoms with Crippen LogP contribution in [0.1, 0.15) is 15.9 Å². The molecule has 0 spiro atoms. The van der Waals surface area contributed by atoms with Crippen molar-refractivity contribution >= 4 is 21.8 Å². The van der Waals surface area contributed by atoms with Gasteiger partial charge in [-0.2, -0.15) is 0 Å². The quantitative estimate of drug-likeness (QED) is 0.939. The van der Waals surface area contributed by atoms with E-state index in [1.807, 2.05) is 6.07 Å². The van der Waals surface area contributed by atoms with Crippen molar-refractivity contribution in [3.63, 3.8) is 0 Å². The Morgan fingerprint density at radius 2 is 2.06 bits per heavy atom. The van der Waals surface area contributed by atoms with E-state index in [2.05, 4.69) is 15.9 Å². The molecule has 1 aromatic heterocycles. The van der Waals surface area contributed by atoms with E-state index < -0.39 is 5.91 Å². The number of nitrogens with zero attached hydrogens (tertiary/aromatic N) is 1. The number of benzene rings is 1. The first-order chi connectivity index (χ1) is 8.56. The highest BCUT2D eigenvalue weighted by Gasteiger charge is 2.03. The molecule has 0 atom stereocenters. The second-order valence-corrected chi connectivity index (χ2v) is 4.79. The third-order valence-electron chi connectivity index (χ3n) is 2.51. The van der Waals surface area contributed by atoms with Crippen LogP contribution >= 0.6 is 15.9 Å². The molecule has 4 nitrogen and oxygen atoms in total. The van der Waals surface area contributed by atoms with Gasteiger partial charge in [-0.05, 0) is 39.7 Å². The van der Waals surface area contributed by atoms with Crippen molar-refractivity contribution in [2.75, 3.05) is 0 Å². The third kappa shape index (κ3) is 2.87. The van der Waals surface area contributed by atoms with E-state index in [1.165, 1.54) is 6.07 Å². The number of carbonyl (C=O) groups is 1. The summed E-state index contributed by atoms with van der Waals surface area (Å²) in [7, 11) is 0. The van der Waals surface area contributed by atoms with E-state index in [0.29, 0.717) is 12.1 Å². The van der Waals surface area contributed by atoms with Gasteiger partial charge in [0.05, 0.1) is 6.54 Å². The predicted molar refractivity (Wildman–Crippen MR) is 72.5 cm³/mol. The molecule has 0 aliphatic carbocycles. The SMILES string of the molecule is NC(=O)c1cccc(Cn2cc(Br)ccc2=O)c1. The first kappa shape index (κ1) is 12.6. The Bertz CT molecular complexity index is 649. The summed E-state index contributed by atoms with van der Waals surface area (Å²) >= 11 is 3.31. The largest absolute Gasteiger partial charge is 0.366 e. The van der Waals surface area contributed by atoms with E-state index in [0.717, 1.165) is 10.0 Å². The summed E-state index contributed by atoms with van der Waals surface area (Å²) in [6, 6.07) is 10.1. The number of aromatic nitrogens is 1. The number of halogens is 1. The highest BCUT2D eigenvalue weighted by Crippen LogP contribution is 2.09. The molecule has 0 radical (unpaired) electrons. The first-order valence-corrected chi connectivity index (χ1v) is 6.10. The minimum atomic E-state index is -0.474. The van der Waals surface area contributed by atoms with Gasteiger partial charge in [0.25, 0.3) is 5.56 Å². The van der Waals surface area contributed by atoms with Crippen LogP contribution in [0, 0.1) is 0 Å². The Labute approximate surface area is 112 Å². The van der Waals surface area contributed by atoms with Gasteiger partial charge in [0, 0.05) is 22.3 Å². The zero-order valence-electron chi connectivity index (χ0n) is 9.47. The molecule has 0 aliphatic heterocycles. The summed E-state index contributed by atoms with van der Waals surface area (Å²) in [5, 5.41) is 0. The summed E-state index contributed by atoms with van der Waals surface area (Å²) in [6.45, 7) is 0.402. The monoisotopic (exact) mass is 306 g/mol. The number of amides is 1. The molecule has 2 N–H and O–H groups in total. The third-order valence-corrected chi connectivity index (χ3v) is 2.98. The maximum atomic E-state index is 11.6. The summed E-state index contributed by atoms with van der Waals surface area (Å²) in [6.07, 6.45) is 1.71. The predicted octanol–water partition coefficient (Wildman–Crippen LogP) is 1.76. The lowest BCUT2D eigenvalue weighted by molar-refractivity contribution is 0.1000. The van der Waals surface area contributed by atoms with Crippen LogP contribution < -0.4 is 11.3 Å². The molecule has 0 saturated heterocycles. The van der Waals surface area contributed by atoms with Crippen LogP contribution in [0.25, 0.3) is 0 Å². The lowest BCUT2D eigenvalue weighted by atomic mass is 10.1. The van der Waals surface area contributed by atoms with Crippen LogP contribution in [-0.2, 0) is 6.54 Å². The molecule has 0 bridgehead atoms. The van der Waals surface area contributed by atoms with Crippen LogP contribution in [0.3, 0.4) is 0 Å².